The molecule has 0 bridgehead atoms. The second-order valence-corrected chi connectivity index (χ2v) is 9.39. The highest BCUT2D eigenvalue weighted by atomic mass is 32.2. The van der Waals surface area contributed by atoms with Gasteiger partial charge in [0.2, 0.25) is 20.0 Å². The van der Waals surface area contributed by atoms with Crippen molar-refractivity contribution in [3.63, 3.8) is 0 Å². The molecule has 138 valence electrons. The predicted octanol–water partition coefficient (Wildman–Crippen LogP) is 1.08. The average molecular weight is 386 g/mol. The lowest BCUT2D eigenvalue weighted by molar-refractivity contribution is 0.577. The number of anilines is 1. The fourth-order valence-electron chi connectivity index (χ4n) is 2.60. The molecule has 0 unspecified atom stereocenters. The third-order valence-corrected chi connectivity index (χ3v) is 6.62. The Kier molecular flexibility index (Phi) is 5.55. The van der Waals surface area contributed by atoms with Crippen molar-refractivity contribution in [3.8, 4) is 0 Å². The smallest absolute Gasteiger partial charge is 0.244 e. The fraction of sp³-hybridized carbons (Fsp3) is 0.400. The van der Waals surface area contributed by atoms with E-state index in [-0.39, 0.29) is 18.0 Å². The maximum Gasteiger partial charge on any atom is 0.244 e. The summed E-state index contributed by atoms with van der Waals surface area (Å²) in [6.07, 6.45) is 1.10. The number of para-hydroxylation sites is 1. The van der Waals surface area contributed by atoms with Crippen LogP contribution in [0.15, 0.2) is 29.2 Å². The Bertz CT molecular complexity index is 946. The minimum atomic E-state index is -3.78. The summed E-state index contributed by atoms with van der Waals surface area (Å²) in [6.45, 7) is 4.93. The average Bonchev–Trinajstić information content (AvgIpc) is 2.83. The Morgan fingerprint density at radius 1 is 1.12 bits per heavy atom. The van der Waals surface area contributed by atoms with E-state index in [9.17, 15) is 16.8 Å². The van der Waals surface area contributed by atoms with Gasteiger partial charge in [0.1, 0.15) is 4.90 Å². The lowest BCUT2D eigenvalue weighted by atomic mass is 10.2. The van der Waals surface area contributed by atoms with Crippen LogP contribution in [0, 0.1) is 20.8 Å². The number of sulfonamides is 2. The number of benzene rings is 1. The molecule has 10 heteroatoms. The van der Waals surface area contributed by atoms with Gasteiger partial charge < -0.3 is 0 Å². The Hall–Kier alpha value is -1.91. The first kappa shape index (κ1) is 19.4. The lowest BCUT2D eigenvalue weighted by Crippen LogP contribution is -2.38. The number of aryl methyl sites for hydroxylation is 3. The van der Waals surface area contributed by atoms with Gasteiger partial charge in [-0.05, 0) is 32.4 Å². The molecule has 0 aliphatic heterocycles. The zero-order valence-electron chi connectivity index (χ0n) is 14.6. The molecule has 0 fully saturated rings. The van der Waals surface area contributed by atoms with Crippen molar-refractivity contribution >= 4 is 25.7 Å². The Morgan fingerprint density at radius 3 is 2.28 bits per heavy atom. The van der Waals surface area contributed by atoms with Gasteiger partial charge >= 0.3 is 0 Å². The summed E-state index contributed by atoms with van der Waals surface area (Å²) in [5, 5.41) is 6.50. The molecule has 0 amide bonds. The SMILES string of the molecule is Cc1ccccc1N(CCNS(=O)(=O)c1c(C)n[nH]c1C)S(C)(=O)=O. The van der Waals surface area contributed by atoms with Crippen molar-refractivity contribution < 1.29 is 16.8 Å². The number of aromatic nitrogens is 2. The van der Waals surface area contributed by atoms with Gasteiger partial charge in [0.15, 0.2) is 0 Å². The molecule has 0 aliphatic rings. The third-order valence-electron chi connectivity index (χ3n) is 3.72. The molecule has 25 heavy (non-hydrogen) atoms. The van der Waals surface area contributed by atoms with Crippen LogP contribution in [0.25, 0.3) is 0 Å². The zero-order valence-corrected chi connectivity index (χ0v) is 16.2. The van der Waals surface area contributed by atoms with Crippen LogP contribution in [-0.2, 0) is 20.0 Å². The molecule has 0 aliphatic carbocycles. The zero-order chi connectivity index (χ0) is 18.8. The predicted molar refractivity (Wildman–Crippen MR) is 96.6 cm³/mol. The summed E-state index contributed by atoms with van der Waals surface area (Å²) >= 11 is 0. The van der Waals surface area contributed by atoms with Crippen LogP contribution in [0.2, 0.25) is 0 Å². The molecule has 0 saturated carbocycles. The Morgan fingerprint density at radius 2 is 1.76 bits per heavy atom. The summed E-state index contributed by atoms with van der Waals surface area (Å²) in [7, 11) is -7.33. The van der Waals surface area contributed by atoms with Crippen LogP contribution in [0.5, 0.6) is 0 Å². The maximum absolute atomic E-state index is 12.4. The van der Waals surface area contributed by atoms with Crippen molar-refractivity contribution in [1.82, 2.24) is 14.9 Å². The monoisotopic (exact) mass is 386 g/mol. The highest BCUT2D eigenvalue weighted by Crippen LogP contribution is 2.22. The van der Waals surface area contributed by atoms with E-state index in [0.29, 0.717) is 17.1 Å². The first-order valence-electron chi connectivity index (χ1n) is 7.58. The van der Waals surface area contributed by atoms with E-state index in [1.54, 1.807) is 39.0 Å². The summed E-state index contributed by atoms with van der Waals surface area (Å²) in [6, 6.07) is 7.04. The van der Waals surface area contributed by atoms with Crippen LogP contribution in [-0.4, -0.2) is 46.4 Å². The molecule has 8 nitrogen and oxygen atoms in total. The van der Waals surface area contributed by atoms with Crippen LogP contribution < -0.4 is 9.03 Å². The largest absolute Gasteiger partial charge is 0.281 e. The van der Waals surface area contributed by atoms with Crippen molar-refractivity contribution in [2.45, 2.75) is 25.7 Å². The highest BCUT2D eigenvalue weighted by molar-refractivity contribution is 7.92. The number of nitrogens with zero attached hydrogens (tertiary/aromatic N) is 2. The Labute approximate surface area is 148 Å². The number of aromatic amines is 1. The number of nitrogens with one attached hydrogen (secondary N) is 2. The number of hydrogen-bond acceptors (Lipinski definition) is 5. The van der Waals surface area contributed by atoms with E-state index >= 15 is 0 Å². The van der Waals surface area contributed by atoms with Crippen LogP contribution in [0.3, 0.4) is 0 Å². The minimum absolute atomic E-state index is 0.0150. The second-order valence-electron chi connectivity index (χ2n) is 5.78. The first-order valence-corrected chi connectivity index (χ1v) is 10.9. The highest BCUT2D eigenvalue weighted by Gasteiger charge is 2.24. The molecule has 1 aromatic carbocycles. The summed E-state index contributed by atoms with van der Waals surface area (Å²) in [4.78, 5) is 0.0919. The van der Waals surface area contributed by atoms with Crippen LogP contribution in [0.4, 0.5) is 5.69 Å². The van der Waals surface area contributed by atoms with E-state index in [1.807, 2.05) is 6.07 Å². The fourth-order valence-corrected chi connectivity index (χ4v) is 4.97. The van der Waals surface area contributed by atoms with Crippen molar-refractivity contribution in [2.24, 2.45) is 0 Å². The van der Waals surface area contributed by atoms with Gasteiger partial charge in [0, 0.05) is 13.1 Å². The molecule has 1 aromatic heterocycles. The first-order chi connectivity index (χ1) is 11.5. The molecular formula is C15H22N4O4S2. The number of H-pyrrole nitrogens is 1. The van der Waals surface area contributed by atoms with Gasteiger partial charge in [-0.1, -0.05) is 18.2 Å². The van der Waals surface area contributed by atoms with E-state index in [2.05, 4.69) is 14.9 Å². The summed E-state index contributed by atoms with van der Waals surface area (Å²) < 4.78 is 52.7. The molecule has 1 heterocycles. The molecule has 2 aromatic rings. The molecule has 2 N–H and O–H groups in total. The molecule has 2 rings (SSSR count). The van der Waals surface area contributed by atoms with Gasteiger partial charge in [0.25, 0.3) is 0 Å². The van der Waals surface area contributed by atoms with Gasteiger partial charge in [0.05, 0.1) is 23.3 Å². The van der Waals surface area contributed by atoms with Crippen LogP contribution in [0.1, 0.15) is 17.0 Å². The van der Waals surface area contributed by atoms with Crippen molar-refractivity contribution in [3.05, 3.63) is 41.2 Å². The normalized spacial score (nSPS) is 12.3. The minimum Gasteiger partial charge on any atom is -0.281 e. The quantitative estimate of drug-likeness (QED) is 0.739. The van der Waals surface area contributed by atoms with E-state index in [1.165, 1.54) is 4.31 Å². The van der Waals surface area contributed by atoms with Crippen molar-refractivity contribution in [2.75, 3.05) is 23.7 Å². The standard InChI is InChI=1S/C15H22N4O4S2/c1-11-7-5-6-8-14(11)19(24(4,20)21)10-9-16-25(22,23)15-12(2)17-18-13(15)3/h5-8,16H,9-10H2,1-4H3,(H,17,18). The second kappa shape index (κ2) is 7.14. The molecule has 0 atom stereocenters. The number of rotatable bonds is 7. The third kappa shape index (κ3) is 4.39. The van der Waals surface area contributed by atoms with Gasteiger partial charge in [-0.25, -0.2) is 21.6 Å². The maximum atomic E-state index is 12.4. The molecular weight excluding hydrogens is 364 g/mol. The Balaban J connectivity index is 2.19. The van der Waals surface area contributed by atoms with Crippen LogP contribution >= 0.6 is 0 Å². The van der Waals surface area contributed by atoms with E-state index < -0.39 is 20.0 Å². The summed E-state index contributed by atoms with van der Waals surface area (Å²) in [5.74, 6) is 0. The molecule has 0 radical (unpaired) electrons. The van der Waals surface area contributed by atoms with Gasteiger partial charge in [-0.2, -0.15) is 5.10 Å². The van der Waals surface area contributed by atoms with Crippen molar-refractivity contribution in [1.29, 1.82) is 0 Å². The summed E-state index contributed by atoms with van der Waals surface area (Å²) in [5.41, 5.74) is 2.12. The molecule has 0 spiro atoms. The van der Waals surface area contributed by atoms with E-state index in [4.69, 9.17) is 0 Å². The van der Waals surface area contributed by atoms with E-state index in [0.717, 1.165) is 11.8 Å². The molecule has 0 saturated heterocycles. The lowest BCUT2D eigenvalue weighted by Gasteiger charge is -2.24. The number of hydrogen-bond donors (Lipinski definition) is 2. The topological polar surface area (TPSA) is 112 Å². The van der Waals surface area contributed by atoms with Gasteiger partial charge in [-0.3, -0.25) is 9.40 Å². The van der Waals surface area contributed by atoms with Gasteiger partial charge in [-0.15, -0.1) is 0 Å².